The highest BCUT2D eigenvalue weighted by Crippen LogP contribution is 2.27. The minimum absolute atomic E-state index is 0.0468. The largest absolute Gasteiger partial charge is 0.461 e. The summed E-state index contributed by atoms with van der Waals surface area (Å²) < 4.78 is 58.6. The number of piperidine rings is 1. The molecular weight excluding hydrogens is 422 g/mol. The van der Waals surface area contributed by atoms with E-state index in [-0.39, 0.29) is 38.2 Å². The number of nitrogens with zero attached hydrogens (tertiary/aromatic N) is 2. The molecule has 0 N–H and O–H groups in total. The smallest absolute Gasteiger partial charge is 0.309 e. The average Bonchev–Trinajstić information content (AvgIpc) is 2.74. The lowest BCUT2D eigenvalue weighted by Crippen LogP contribution is -2.40. The second-order valence-electron chi connectivity index (χ2n) is 6.79. The lowest BCUT2D eigenvalue weighted by Gasteiger charge is -2.30. The van der Waals surface area contributed by atoms with E-state index in [1.165, 1.54) is 18.2 Å². The normalized spacial score (nSPS) is 15.7. The number of sulfonamides is 1. The van der Waals surface area contributed by atoms with E-state index in [2.05, 4.69) is 0 Å². The average molecular weight is 440 g/mol. The van der Waals surface area contributed by atoms with E-state index in [1.807, 2.05) is 0 Å². The summed E-state index contributed by atoms with van der Waals surface area (Å²) in [5.74, 6) is -3.02. The van der Waals surface area contributed by atoms with Crippen molar-refractivity contribution >= 4 is 21.7 Å². The molecule has 0 aromatic heterocycles. The van der Waals surface area contributed by atoms with Gasteiger partial charge in [0.25, 0.3) is 5.69 Å². The Morgan fingerprint density at radius 2 is 1.87 bits per heavy atom. The summed E-state index contributed by atoms with van der Waals surface area (Å²) in [7, 11) is -4.23. The maximum Gasteiger partial charge on any atom is 0.309 e. The summed E-state index contributed by atoms with van der Waals surface area (Å²) in [5, 5.41) is 10.8. The number of ether oxygens (including phenoxy) is 1. The van der Waals surface area contributed by atoms with Crippen LogP contribution >= 0.6 is 0 Å². The number of halogens is 2. The predicted octanol–water partition coefficient (Wildman–Crippen LogP) is 3.02. The van der Waals surface area contributed by atoms with Gasteiger partial charge in [-0.3, -0.25) is 14.9 Å². The minimum Gasteiger partial charge on any atom is -0.461 e. The molecule has 3 rings (SSSR count). The van der Waals surface area contributed by atoms with Gasteiger partial charge in [-0.2, -0.15) is 4.31 Å². The molecule has 0 amide bonds. The summed E-state index contributed by atoms with van der Waals surface area (Å²) in [5.41, 5.74) is 0.339. The molecule has 0 radical (unpaired) electrons. The Kier molecular flexibility index (Phi) is 6.42. The quantitative estimate of drug-likeness (QED) is 0.388. The van der Waals surface area contributed by atoms with Gasteiger partial charge in [0.15, 0.2) is 0 Å². The first kappa shape index (κ1) is 21.8. The summed E-state index contributed by atoms with van der Waals surface area (Å²) in [4.78, 5) is 21.8. The van der Waals surface area contributed by atoms with Gasteiger partial charge in [-0.25, -0.2) is 17.2 Å². The fraction of sp³-hybridized carbons (Fsp3) is 0.316. The molecule has 1 aliphatic heterocycles. The molecule has 0 atom stereocenters. The Morgan fingerprint density at radius 3 is 2.53 bits per heavy atom. The fourth-order valence-electron chi connectivity index (χ4n) is 3.18. The van der Waals surface area contributed by atoms with Gasteiger partial charge in [0.2, 0.25) is 10.0 Å². The number of rotatable bonds is 6. The van der Waals surface area contributed by atoms with Crippen LogP contribution in [-0.4, -0.2) is 36.7 Å². The summed E-state index contributed by atoms with van der Waals surface area (Å²) in [6, 6.07) is 7.90. The van der Waals surface area contributed by atoms with Crippen molar-refractivity contribution in [2.24, 2.45) is 5.92 Å². The number of benzene rings is 2. The Hall–Kier alpha value is -2.92. The van der Waals surface area contributed by atoms with Gasteiger partial charge in [0.05, 0.1) is 10.8 Å². The van der Waals surface area contributed by atoms with Crippen LogP contribution in [0.25, 0.3) is 0 Å². The second-order valence-corrected chi connectivity index (χ2v) is 8.69. The van der Waals surface area contributed by atoms with Gasteiger partial charge in [0.1, 0.15) is 23.1 Å². The van der Waals surface area contributed by atoms with Crippen LogP contribution < -0.4 is 0 Å². The number of carbonyl (C=O) groups is 1. The van der Waals surface area contributed by atoms with Crippen LogP contribution in [0.2, 0.25) is 0 Å². The number of nitro groups is 1. The number of hydrogen-bond acceptors (Lipinski definition) is 6. The number of carbonyl (C=O) groups excluding carboxylic acids is 1. The number of hydrogen-bond donors (Lipinski definition) is 0. The first-order valence-corrected chi connectivity index (χ1v) is 10.5. The Balaban J connectivity index is 1.58. The van der Waals surface area contributed by atoms with E-state index < -0.39 is 43.4 Å². The van der Waals surface area contributed by atoms with E-state index in [0.717, 1.165) is 16.4 Å². The predicted molar refractivity (Wildman–Crippen MR) is 101 cm³/mol. The maximum absolute atomic E-state index is 13.9. The van der Waals surface area contributed by atoms with Gasteiger partial charge >= 0.3 is 5.97 Å². The first-order chi connectivity index (χ1) is 14.2. The van der Waals surface area contributed by atoms with Crippen molar-refractivity contribution in [2.45, 2.75) is 24.3 Å². The minimum atomic E-state index is -4.23. The van der Waals surface area contributed by atoms with E-state index in [0.29, 0.717) is 11.6 Å². The van der Waals surface area contributed by atoms with Crippen molar-refractivity contribution in [2.75, 3.05) is 13.1 Å². The van der Waals surface area contributed by atoms with Crippen LogP contribution in [0, 0.1) is 27.7 Å². The third-order valence-electron chi connectivity index (χ3n) is 4.80. The van der Waals surface area contributed by atoms with Crippen molar-refractivity contribution < 1.29 is 31.7 Å². The Morgan fingerprint density at radius 1 is 1.17 bits per heavy atom. The number of nitro benzene ring substituents is 1. The molecule has 11 heteroatoms. The van der Waals surface area contributed by atoms with E-state index >= 15 is 0 Å². The van der Waals surface area contributed by atoms with Crippen LogP contribution in [0.1, 0.15) is 18.4 Å². The molecule has 0 bridgehead atoms. The van der Waals surface area contributed by atoms with Gasteiger partial charge < -0.3 is 4.74 Å². The fourth-order valence-corrected chi connectivity index (χ4v) is 4.72. The van der Waals surface area contributed by atoms with E-state index in [4.69, 9.17) is 4.74 Å². The standard InChI is InChI=1S/C19H18F2N2O6S/c20-15-4-5-17(21)18(11-15)30(27,28)22-8-6-14(7-9-22)19(24)29-12-13-2-1-3-16(10-13)23(25)26/h1-5,10-11,14H,6-9,12H2. The molecule has 1 heterocycles. The second kappa shape index (κ2) is 8.84. The van der Waals surface area contributed by atoms with Crippen molar-refractivity contribution in [1.29, 1.82) is 0 Å². The molecule has 1 aliphatic rings. The Labute approximate surface area is 171 Å². The summed E-state index contributed by atoms with van der Waals surface area (Å²) in [6.45, 7) is -0.239. The van der Waals surface area contributed by atoms with Crippen LogP contribution in [0.3, 0.4) is 0 Å². The molecule has 0 unspecified atom stereocenters. The monoisotopic (exact) mass is 440 g/mol. The lowest BCUT2D eigenvalue weighted by molar-refractivity contribution is -0.384. The highest BCUT2D eigenvalue weighted by atomic mass is 32.2. The van der Waals surface area contributed by atoms with Gasteiger partial charge in [-0.05, 0) is 36.6 Å². The van der Waals surface area contributed by atoms with Crippen molar-refractivity contribution in [3.05, 3.63) is 69.8 Å². The van der Waals surface area contributed by atoms with Crippen molar-refractivity contribution in [3.63, 3.8) is 0 Å². The highest BCUT2D eigenvalue weighted by Gasteiger charge is 2.34. The van der Waals surface area contributed by atoms with Crippen molar-refractivity contribution in [3.8, 4) is 0 Å². The first-order valence-electron chi connectivity index (χ1n) is 9.03. The molecule has 0 aliphatic carbocycles. The molecule has 0 spiro atoms. The highest BCUT2D eigenvalue weighted by molar-refractivity contribution is 7.89. The van der Waals surface area contributed by atoms with Gasteiger partial charge in [-0.15, -0.1) is 0 Å². The molecular formula is C19H18F2N2O6S. The number of esters is 1. The van der Waals surface area contributed by atoms with Crippen LogP contribution in [0.15, 0.2) is 47.4 Å². The van der Waals surface area contributed by atoms with E-state index in [1.54, 1.807) is 6.07 Å². The Bertz CT molecular complexity index is 1070. The molecule has 2 aromatic rings. The maximum atomic E-state index is 13.9. The zero-order valence-electron chi connectivity index (χ0n) is 15.7. The van der Waals surface area contributed by atoms with Gasteiger partial charge in [-0.1, -0.05) is 12.1 Å². The van der Waals surface area contributed by atoms with Crippen LogP contribution in [0.5, 0.6) is 0 Å². The summed E-state index contributed by atoms with van der Waals surface area (Å²) >= 11 is 0. The molecule has 160 valence electrons. The molecule has 2 aromatic carbocycles. The number of non-ortho nitro benzene ring substituents is 1. The zero-order chi connectivity index (χ0) is 21.9. The molecule has 0 saturated carbocycles. The van der Waals surface area contributed by atoms with Crippen molar-refractivity contribution in [1.82, 2.24) is 4.31 Å². The lowest BCUT2D eigenvalue weighted by atomic mass is 9.98. The van der Waals surface area contributed by atoms with Crippen LogP contribution in [-0.2, 0) is 26.2 Å². The zero-order valence-corrected chi connectivity index (χ0v) is 16.5. The molecule has 1 fully saturated rings. The molecule has 1 saturated heterocycles. The third kappa shape index (κ3) is 4.79. The van der Waals surface area contributed by atoms with E-state index in [9.17, 15) is 32.1 Å². The molecule has 8 nitrogen and oxygen atoms in total. The topological polar surface area (TPSA) is 107 Å². The van der Waals surface area contributed by atoms with Crippen LogP contribution in [0.4, 0.5) is 14.5 Å². The van der Waals surface area contributed by atoms with Gasteiger partial charge in [0, 0.05) is 25.2 Å². The third-order valence-corrected chi connectivity index (χ3v) is 6.71. The SMILES string of the molecule is O=C(OCc1cccc([N+](=O)[O-])c1)C1CCN(S(=O)(=O)c2cc(F)ccc2F)CC1. The summed E-state index contributed by atoms with van der Waals surface area (Å²) in [6.07, 6.45) is 0.313. The molecule has 30 heavy (non-hydrogen) atoms.